The summed E-state index contributed by atoms with van der Waals surface area (Å²) in [7, 11) is 3.10. The molecule has 7 nitrogen and oxygen atoms in total. The minimum atomic E-state index is -0.654. The first-order chi connectivity index (χ1) is 12.5. The predicted octanol–water partition coefficient (Wildman–Crippen LogP) is 2.82. The Morgan fingerprint density at radius 1 is 1.15 bits per heavy atom. The van der Waals surface area contributed by atoms with Crippen molar-refractivity contribution in [3.63, 3.8) is 0 Å². The van der Waals surface area contributed by atoms with E-state index in [0.29, 0.717) is 28.3 Å². The Hall–Kier alpha value is -2.70. The summed E-state index contributed by atoms with van der Waals surface area (Å²) in [6.07, 6.45) is 3.85. The van der Waals surface area contributed by atoms with Gasteiger partial charge in [0, 0.05) is 17.3 Å². The molecule has 0 bridgehead atoms. The van der Waals surface area contributed by atoms with Crippen molar-refractivity contribution in [2.75, 3.05) is 14.2 Å². The number of hydrogen-bond acceptors (Lipinski definition) is 5. The van der Waals surface area contributed by atoms with Crippen LogP contribution < -0.4 is 20.1 Å². The number of carbonyl (C=O) groups is 2. The molecule has 0 spiro atoms. The van der Waals surface area contributed by atoms with Crippen LogP contribution in [-0.4, -0.2) is 32.3 Å². The second-order valence-corrected chi connectivity index (χ2v) is 6.49. The summed E-state index contributed by atoms with van der Waals surface area (Å²) >= 11 is 0. The molecular formula is C19H24N2O5. The van der Waals surface area contributed by atoms with Gasteiger partial charge >= 0.3 is 12.0 Å². The highest BCUT2D eigenvalue weighted by Gasteiger charge is 2.35. The number of amides is 2. The number of ether oxygens (including phenoxy) is 3. The average Bonchev–Trinajstić information content (AvgIpc) is 3.13. The number of methoxy groups -OCH3 is 2. The van der Waals surface area contributed by atoms with E-state index in [4.69, 9.17) is 14.2 Å². The minimum absolute atomic E-state index is 0.0566. The van der Waals surface area contributed by atoms with Gasteiger partial charge in [-0.15, -0.1) is 0 Å². The van der Waals surface area contributed by atoms with Gasteiger partial charge in [-0.05, 0) is 44.7 Å². The van der Waals surface area contributed by atoms with Crippen molar-refractivity contribution in [1.29, 1.82) is 0 Å². The highest BCUT2D eigenvalue weighted by molar-refractivity contribution is 5.95. The summed E-state index contributed by atoms with van der Waals surface area (Å²) in [4.78, 5) is 24.9. The van der Waals surface area contributed by atoms with E-state index in [1.54, 1.807) is 32.2 Å². The van der Waals surface area contributed by atoms with Crippen molar-refractivity contribution < 1.29 is 23.8 Å². The number of benzene rings is 1. The van der Waals surface area contributed by atoms with Crippen LogP contribution in [0.2, 0.25) is 0 Å². The molecule has 1 heterocycles. The van der Waals surface area contributed by atoms with E-state index in [-0.39, 0.29) is 12.1 Å². The molecule has 2 aliphatic rings. The Kier molecular flexibility index (Phi) is 5.35. The van der Waals surface area contributed by atoms with Crippen LogP contribution >= 0.6 is 0 Å². The molecule has 1 unspecified atom stereocenters. The zero-order chi connectivity index (χ0) is 18.7. The smallest absolute Gasteiger partial charge is 0.338 e. The van der Waals surface area contributed by atoms with Crippen LogP contribution in [0.4, 0.5) is 4.79 Å². The third-order valence-corrected chi connectivity index (χ3v) is 4.82. The van der Waals surface area contributed by atoms with Crippen LogP contribution in [0.25, 0.3) is 0 Å². The third kappa shape index (κ3) is 3.61. The highest BCUT2D eigenvalue weighted by atomic mass is 16.5. The molecule has 26 heavy (non-hydrogen) atoms. The van der Waals surface area contributed by atoms with Crippen molar-refractivity contribution in [2.45, 2.75) is 44.8 Å². The van der Waals surface area contributed by atoms with Crippen molar-refractivity contribution in [3.05, 3.63) is 35.0 Å². The van der Waals surface area contributed by atoms with E-state index in [9.17, 15) is 9.59 Å². The Bertz CT molecular complexity index is 737. The van der Waals surface area contributed by atoms with Gasteiger partial charge in [0.25, 0.3) is 0 Å². The normalized spacial score (nSPS) is 20.4. The van der Waals surface area contributed by atoms with Crippen molar-refractivity contribution >= 4 is 12.0 Å². The van der Waals surface area contributed by atoms with Crippen LogP contribution in [0.3, 0.4) is 0 Å². The summed E-state index contributed by atoms with van der Waals surface area (Å²) in [6.45, 7) is 1.70. The van der Waals surface area contributed by atoms with E-state index in [0.717, 1.165) is 25.7 Å². The van der Waals surface area contributed by atoms with Gasteiger partial charge in [-0.1, -0.05) is 0 Å². The van der Waals surface area contributed by atoms with Gasteiger partial charge in [-0.3, -0.25) is 0 Å². The maximum absolute atomic E-state index is 12.8. The van der Waals surface area contributed by atoms with Gasteiger partial charge in [0.2, 0.25) is 0 Å². The molecule has 3 rings (SSSR count). The van der Waals surface area contributed by atoms with Gasteiger partial charge in [0.05, 0.1) is 25.8 Å². The lowest BCUT2D eigenvalue weighted by molar-refractivity contribution is -0.144. The number of rotatable bonds is 5. The molecule has 1 aliphatic heterocycles. The van der Waals surface area contributed by atoms with Crippen LogP contribution in [0, 0.1) is 0 Å². The molecule has 1 aliphatic carbocycles. The molecule has 1 aromatic rings. The molecule has 1 fully saturated rings. The Labute approximate surface area is 152 Å². The number of esters is 1. The fourth-order valence-electron chi connectivity index (χ4n) is 3.48. The molecule has 0 saturated heterocycles. The average molecular weight is 360 g/mol. The van der Waals surface area contributed by atoms with E-state index in [1.165, 1.54) is 7.11 Å². The van der Waals surface area contributed by atoms with Gasteiger partial charge in [0.15, 0.2) is 0 Å². The van der Waals surface area contributed by atoms with E-state index in [1.807, 2.05) is 0 Å². The summed E-state index contributed by atoms with van der Waals surface area (Å²) in [5.74, 6) is 0.738. The maximum Gasteiger partial charge on any atom is 0.338 e. The highest BCUT2D eigenvalue weighted by Crippen LogP contribution is 2.36. The summed E-state index contributed by atoms with van der Waals surface area (Å²) in [5.41, 5.74) is 1.54. The third-order valence-electron chi connectivity index (χ3n) is 4.82. The van der Waals surface area contributed by atoms with Crippen molar-refractivity contribution in [2.24, 2.45) is 0 Å². The molecule has 0 aromatic heterocycles. The molecule has 2 N–H and O–H groups in total. The first kappa shape index (κ1) is 18.1. The SMILES string of the molecule is COc1ccc(C2NC(=O)NC(C)=C2C(=O)OC2CCCC2)c(OC)c1. The van der Waals surface area contributed by atoms with Gasteiger partial charge in [0.1, 0.15) is 17.6 Å². The maximum atomic E-state index is 12.8. The largest absolute Gasteiger partial charge is 0.497 e. The summed E-state index contributed by atoms with van der Waals surface area (Å²) in [6, 6.07) is 4.24. The lowest BCUT2D eigenvalue weighted by Gasteiger charge is -2.29. The Balaban J connectivity index is 1.96. The quantitative estimate of drug-likeness (QED) is 0.789. The monoisotopic (exact) mass is 360 g/mol. The van der Waals surface area contributed by atoms with E-state index < -0.39 is 12.0 Å². The van der Waals surface area contributed by atoms with Crippen LogP contribution in [0.1, 0.15) is 44.2 Å². The molecule has 1 atom stereocenters. The predicted molar refractivity (Wildman–Crippen MR) is 95.0 cm³/mol. The van der Waals surface area contributed by atoms with Crippen LogP contribution in [-0.2, 0) is 9.53 Å². The van der Waals surface area contributed by atoms with E-state index in [2.05, 4.69) is 10.6 Å². The number of nitrogens with one attached hydrogen (secondary N) is 2. The zero-order valence-electron chi connectivity index (χ0n) is 15.3. The lowest BCUT2D eigenvalue weighted by Crippen LogP contribution is -2.45. The molecule has 1 saturated carbocycles. The minimum Gasteiger partial charge on any atom is -0.497 e. The molecule has 2 amide bonds. The number of carbonyl (C=O) groups excluding carboxylic acids is 2. The second kappa shape index (κ2) is 7.68. The summed E-state index contributed by atoms with van der Waals surface area (Å²) in [5, 5.41) is 5.46. The lowest BCUT2D eigenvalue weighted by atomic mass is 9.94. The molecular weight excluding hydrogens is 336 g/mol. The zero-order valence-corrected chi connectivity index (χ0v) is 15.3. The molecule has 140 valence electrons. The van der Waals surface area contributed by atoms with Crippen LogP contribution in [0.15, 0.2) is 29.5 Å². The number of allylic oxidation sites excluding steroid dienone is 1. The van der Waals surface area contributed by atoms with Gasteiger partial charge < -0.3 is 24.8 Å². The Morgan fingerprint density at radius 2 is 1.88 bits per heavy atom. The molecule has 0 radical (unpaired) electrons. The first-order valence-electron chi connectivity index (χ1n) is 8.74. The second-order valence-electron chi connectivity index (χ2n) is 6.49. The van der Waals surface area contributed by atoms with Gasteiger partial charge in [-0.2, -0.15) is 0 Å². The van der Waals surface area contributed by atoms with E-state index >= 15 is 0 Å². The van der Waals surface area contributed by atoms with Crippen molar-refractivity contribution in [3.8, 4) is 11.5 Å². The molecule has 7 heteroatoms. The standard InChI is InChI=1S/C19H24N2O5/c1-11-16(18(22)26-12-6-4-5-7-12)17(21-19(23)20-11)14-9-8-13(24-2)10-15(14)25-3/h8-10,12,17H,4-7H2,1-3H3,(H2,20,21,23). The summed E-state index contributed by atoms with van der Waals surface area (Å²) < 4.78 is 16.3. The fraction of sp³-hybridized carbons (Fsp3) is 0.474. The fourth-order valence-corrected chi connectivity index (χ4v) is 3.48. The molecule has 1 aromatic carbocycles. The topological polar surface area (TPSA) is 85.9 Å². The van der Waals surface area contributed by atoms with Crippen molar-refractivity contribution in [1.82, 2.24) is 10.6 Å². The first-order valence-corrected chi connectivity index (χ1v) is 8.74. The Morgan fingerprint density at radius 3 is 2.54 bits per heavy atom. The number of hydrogen-bond donors (Lipinski definition) is 2. The van der Waals surface area contributed by atoms with Crippen LogP contribution in [0.5, 0.6) is 11.5 Å². The number of urea groups is 1. The van der Waals surface area contributed by atoms with Gasteiger partial charge in [-0.25, -0.2) is 9.59 Å².